The van der Waals surface area contributed by atoms with Gasteiger partial charge in [-0.25, -0.2) is 0 Å². The first kappa shape index (κ1) is 10.9. The lowest BCUT2D eigenvalue weighted by Crippen LogP contribution is -2.34. The van der Waals surface area contributed by atoms with Crippen LogP contribution in [0.2, 0.25) is 0 Å². The Morgan fingerprint density at radius 3 is 2.69 bits per heavy atom. The number of carboxylic acids is 1. The average Bonchev–Trinajstić information content (AvgIpc) is 2.57. The topological polar surface area (TPSA) is 109 Å². The summed E-state index contributed by atoms with van der Waals surface area (Å²) in [5.74, 6) is -1.07. The second-order valence-corrected chi connectivity index (χ2v) is 4.56. The summed E-state index contributed by atoms with van der Waals surface area (Å²) in [4.78, 5) is 22.3. The molecule has 0 fully saturated rings. The first-order valence-corrected chi connectivity index (χ1v) is 4.78. The number of aromatic nitrogens is 1. The zero-order valence-electron chi connectivity index (χ0n) is 10.4. The van der Waals surface area contributed by atoms with Gasteiger partial charge in [0.25, 0.3) is 5.56 Å². The van der Waals surface area contributed by atoms with Gasteiger partial charge in [0.15, 0.2) is 0 Å². The van der Waals surface area contributed by atoms with Crippen molar-refractivity contribution >= 4 is 5.97 Å². The van der Waals surface area contributed by atoms with E-state index >= 15 is 0 Å². The molecule has 0 spiro atoms. The molecule has 6 nitrogen and oxygen atoms in total. The molecule has 16 heavy (non-hydrogen) atoms. The van der Waals surface area contributed by atoms with Gasteiger partial charge in [-0.15, -0.1) is 0 Å². The van der Waals surface area contributed by atoms with Crippen molar-refractivity contribution in [2.75, 3.05) is 0 Å². The third kappa shape index (κ3) is 2.52. The maximum atomic E-state index is 11.5. The average molecular weight is 229 g/mol. The quantitative estimate of drug-likeness (QED) is 0.686. The third-order valence-corrected chi connectivity index (χ3v) is 2.05. The molecule has 0 radical (unpaired) electrons. The molecule has 1 rings (SSSR count). The molecule has 4 N–H and O–H groups in total. The Bertz CT molecular complexity index is 471. The van der Waals surface area contributed by atoms with Crippen molar-refractivity contribution in [2.24, 2.45) is 5.73 Å². The molecule has 90 valence electrons. The van der Waals surface area contributed by atoms with Gasteiger partial charge >= 0.3 is 5.97 Å². The van der Waals surface area contributed by atoms with E-state index in [-0.39, 0.29) is 11.3 Å². The summed E-state index contributed by atoms with van der Waals surface area (Å²) in [6, 6.07) is -1.46. The molecule has 0 saturated carbocycles. The molecule has 0 saturated heterocycles. The fourth-order valence-electron chi connectivity index (χ4n) is 1.27. The van der Waals surface area contributed by atoms with Crippen molar-refractivity contribution in [1.82, 2.24) is 5.16 Å². The number of aliphatic carboxylic acids is 1. The van der Waals surface area contributed by atoms with E-state index in [1.54, 1.807) is 20.8 Å². The summed E-state index contributed by atoms with van der Waals surface area (Å²) in [6.07, 6.45) is -1.36. The van der Waals surface area contributed by atoms with Crippen LogP contribution in [0, 0.1) is 0 Å². The second kappa shape index (κ2) is 4.13. The third-order valence-electron chi connectivity index (χ3n) is 2.05. The van der Waals surface area contributed by atoms with Crippen molar-refractivity contribution in [3.8, 4) is 0 Å². The minimum atomic E-state index is -1.46. The summed E-state index contributed by atoms with van der Waals surface area (Å²) in [5, 5.41) is 10.9. The molecule has 0 bridgehead atoms. The monoisotopic (exact) mass is 229 g/mol. The molecule has 6 heteroatoms. The number of rotatable bonds is 3. The van der Waals surface area contributed by atoms with Gasteiger partial charge in [0.05, 0.1) is 5.56 Å². The number of nitrogens with two attached hydrogens (primary N) is 1. The number of carboxylic acid groups (broad SMARTS) is 1. The normalized spacial score (nSPS) is 16.6. The van der Waals surface area contributed by atoms with Crippen LogP contribution in [0.5, 0.6) is 0 Å². The van der Waals surface area contributed by atoms with E-state index in [2.05, 4.69) is 5.16 Å². The lowest BCUT2D eigenvalue weighted by atomic mass is 9.89. The standard InChI is InChI=1S/C10H16N2O4/c1-10(2,3)7-5(8(13)12-16-7)4-6(11)9(14)15/h6H,4,11H2,1-3H3,(H,12,13)(H,14,15)/i4D/t4-,6?/m1/s1. The number of nitrogens with one attached hydrogen (secondary N) is 1. The van der Waals surface area contributed by atoms with Gasteiger partial charge in [-0.2, -0.15) is 5.16 Å². The minimum absolute atomic E-state index is 0.0209. The number of hydrogen-bond donors (Lipinski definition) is 3. The van der Waals surface area contributed by atoms with Crippen LogP contribution in [0.1, 0.15) is 33.5 Å². The van der Waals surface area contributed by atoms with Crippen LogP contribution in [0.3, 0.4) is 0 Å². The predicted molar refractivity (Wildman–Crippen MR) is 57.3 cm³/mol. The van der Waals surface area contributed by atoms with E-state index in [1.165, 1.54) is 0 Å². The Kier molecular flexibility index (Phi) is 2.82. The molecule has 0 aliphatic carbocycles. The number of aromatic amines is 1. The summed E-state index contributed by atoms with van der Waals surface area (Å²) < 4.78 is 12.7. The fraction of sp³-hybridized carbons (Fsp3) is 0.600. The Balaban J connectivity index is 3.27. The number of carbonyl (C=O) groups is 1. The Hall–Kier alpha value is -1.56. The van der Waals surface area contributed by atoms with Crippen LogP contribution in [0.15, 0.2) is 9.32 Å². The number of H-pyrrole nitrogens is 1. The maximum absolute atomic E-state index is 11.5. The molecule has 1 aromatic rings. The summed E-state index contributed by atoms with van der Waals surface area (Å²) in [5.41, 5.74) is 4.22. The molecule has 2 atom stereocenters. The predicted octanol–water partition coefficient (Wildman–Crippen LogP) is 0.220. The molecular weight excluding hydrogens is 212 g/mol. The fourth-order valence-corrected chi connectivity index (χ4v) is 1.27. The van der Waals surface area contributed by atoms with Crippen LogP contribution in [0.25, 0.3) is 0 Å². The van der Waals surface area contributed by atoms with E-state index < -0.39 is 29.4 Å². The highest BCUT2D eigenvalue weighted by molar-refractivity contribution is 5.73. The Labute approximate surface area is 93.8 Å². The van der Waals surface area contributed by atoms with Crippen molar-refractivity contribution in [3.63, 3.8) is 0 Å². The van der Waals surface area contributed by atoms with E-state index in [0.717, 1.165) is 0 Å². The van der Waals surface area contributed by atoms with Gasteiger partial charge in [-0.05, 0) is 0 Å². The molecule has 1 heterocycles. The van der Waals surface area contributed by atoms with Crippen LogP contribution < -0.4 is 11.3 Å². The van der Waals surface area contributed by atoms with Gasteiger partial charge in [0, 0.05) is 13.2 Å². The molecule has 0 aliphatic rings. The van der Waals surface area contributed by atoms with Crippen LogP contribution in [-0.4, -0.2) is 22.3 Å². The zero-order chi connectivity index (χ0) is 13.4. The highest BCUT2D eigenvalue weighted by Gasteiger charge is 2.27. The molecular formula is C10H16N2O4. The van der Waals surface area contributed by atoms with E-state index in [1.807, 2.05) is 0 Å². The van der Waals surface area contributed by atoms with Gasteiger partial charge in [-0.3, -0.25) is 9.59 Å². The maximum Gasteiger partial charge on any atom is 0.320 e. The van der Waals surface area contributed by atoms with Gasteiger partial charge in [0.2, 0.25) is 0 Å². The minimum Gasteiger partial charge on any atom is -0.480 e. The smallest absolute Gasteiger partial charge is 0.320 e. The van der Waals surface area contributed by atoms with Crippen molar-refractivity contribution in [2.45, 2.75) is 38.6 Å². The van der Waals surface area contributed by atoms with Crippen LogP contribution >= 0.6 is 0 Å². The van der Waals surface area contributed by atoms with Gasteiger partial charge in [0.1, 0.15) is 11.8 Å². The first-order chi connectivity index (χ1) is 7.66. The molecule has 0 amide bonds. The van der Waals surface area contributed by atoms with Crippen LogP contribution in [0.4, 0.5) is 0 Å². The number of hydrogen-bond acceptors (Lipinski definition) is 4. The van der Waals surface area contributed by atoms with Crippen molar-refractivity contribution < 1.29 is 15.8 Å². The summed E-state index contributed by atoms with van der Waals surface area (Å²) >= 11 is 0. The lowest BCUT2D eigenvalue weighted by molar-refractivity contribution is -0.138. The second-order valence-electron chi connectivity index (χ2n) is 4.56. The van der Waals surface area contributed by atoms with Crippen molar-refractivity contribution in [3.05, 3.63) is 21.7 Å². The van der Waals surface area contributed by atoms with E-state index in [9.17, 15) is 9.59 Å². The Morgan fingerprint density at radius 1 is 1.69 bits per heavy atom. The lowest BCUT2D eigenvalue weighted by Gasteiger charge is -2.16. The largest absolute Gasteiger partial charge is 0.480 e. The Morgan fingerprint density at radius 2 is 2.25 bits per heavy atom. The van der Waals surface area contributed by atoms with E-state index in [0.29, 0.717) is 0 Å². The summed E-state index contributed by atoms with van der Waals surface area (Å²) in [7, 11) is 0. The highest BCUT2D eigenvalue weighted by Crippen LogP contribution is 2.24. The SMILES string of the molecule is [2H][C@H](c1c(C(C)(C)C)o[nH]c1=O)C(N)C(=O)O. The molecule has 0 aliphatic heterocycles. The highest BCUT2D eigenvalue weighted by atomic mass is 16.5. The molecule has 1 unspecified atom stereocenters. The van der Waals surface area contributed by atoms with Crippen molar-refractivity contribution in [1.29, 1.82) is 0 Å². The van der Waals surface area contributed by atoms with Gasteiger partial charge < -0.3 is 15.4 Å². The molecule has 1 aromatic heterocycles. The first-order valence-electron chi connectivity index (χ1n) is 5.36. The van der Waals surface area contributed by atoms with E-state index in [4.69, 9.17) is 16.7 Å². The zero-order valence-corrected chi connectivity index (χ0v) is 9.40. The van der Waals surface area contributed by atoms with Gasteiger partial charge in [-0.1, -0.05) is 20.8 Å². The summed E-state index contributed by atoms with van der Waals surface area (Å²) in [6.45, 7) is 5.38. The van der Waals surface area contributed by atoms with Crippen LogP contribution in [-0.2, 0) is 16.6 Å². The molecule has 0 aromatic carbocycles.